The molecule has 2 aliphatic rings. The van der Waals surface area contributed by atoms with Crippen molar-refractivity contribution in [3.05, 3.63) is 0 Å². The Labute approximate surface area is 116 Å². The summed E-state index contributed by atoms with van der Waals surface area (Å²) in [6.07, 6.45) is 7.83. The highest BCUT2D eigenvalue weighted by molar-refractivity contribution is 5.71. The quantitative estimate of drug-likeness (QED) is 0.772. The predicted octanol–water partition coefficient (Wildman–Crippen LogP) is 1.79. The van der Waals surface area contributed by atoms with Gasteiger partial charge in [-0.05, 0) is 25.2 Å². The monoisotopic (exact) mass is 268 g/mol. The molecule has 19 heavy (non-hydrogen) atoms. The predicted molar refractivity (Wildman–Crippen MR) is 76.0 cm³/mol. The number of carbonyl (C=O) groups is 1. The standard InChI is InChI=1S/C15H28N2O2/c1-3-12-8-14(16-13-6-4-5-7-13)10-17(9-12)11-15(18)19-2/h12-14,16H,3-11H2,1-2H3. The number of carbonyl (C=O) groups excluding carboxylic acids is 1. The van der Waals surface area contributed by atoms with Crippen molar-refractivity contribution in [2.45, 2.75) is 57.5 Å². The molecule has 110 valence electrons. The average Bonchev–Trinajstić information content (AvgIpc) is 2.91. The maximum Gasteiger partial charge on any atom is 0.319 e. The number of hydrogen-bond donors (Lipinski definition) is 1. The number of nitrogens with zero attached hydrogens (tertiary/aromatic N) is 1. The third kappa shape index (κ3) is 4.46. The molecule has 0 radical (unpaired) electrons. The number of piperidine rings is 1. The Kier molecular flexibility index (Phi) is 5.64. The molecule has 1 heterocycles. The molecule has 2 unspecified atom stereocenters. The first-order valence-corrected chi connectivity index (χ1v) is 7.76. The lowest BCUT2D eigenvalue weighted by atomic mass is 9.91. The Hall–Kier alpha value is -0.610. The van der Waals surface area contributed by atoms with Crippen molar-refractivity contribution in [1.82, 2.24) is 10.2 Å². The molecule has 0 spiro atoms. The van der Waals surface area contributed by atoms with Crippen LogP contribution in [0.4, 0.5) is 0 Å². The fraction of sp³-hybridized carbons (Fsp3) is 0.933. The third-order valence-corrected chi connectivity index (χ3v) is 4.60. The molecule has 4 nitrogen and oxygen atoms in total. The van der Waals surface area contributed by atoms with E-state index < -0.39 is 0 Å². The normalized spacial score (nSPS) is 29.6. The van der Waals surface area contributed by atoms with Crippen LogP contribution in [0.15, 0.2) is 0 Å². The van der Waals surface area contributed by atoms with Crippen LogP contribution in [-0.4, -0.2) is 49.7 Å². The Bertz CT molecular complexity index is 290. The first-order valence-electron chi connectivity index (χ1n) is 7.76. The van der Waals surface area contributed by atoms with Crippen LogP contribution in [0.3, 0.4) is 0 Å². The highest BCUT2D eigenvalue weighted by Gasteiger charge is 2.29. The van der Waals surface area contributed by atoms with E-state index in [2.05, 4.69) is 17.1 Å². The van der Waals surface area contributed by atoms with Gasteiger partial charge in [-0.1, -0.05) is 26.2 Å². The fourth-order valence-electron chi connectivity index (χ4n) is 3.52. The van der Waals surface area contributed by atoms with Crippen LogP contribution in [-0.2, 0) is 9.53 Å². The van der Waals surface area contributed by atoms with Gasteiger partial charge in [0.15, 0.2) is 0 Å². The van der Waals surface area contributed by atoms with Gasteiger partial charge in [-0.25, -0.2) is 0 Å². The highest BCUT2D eigenvalue weighted by Crippen LogP contribution is 2.23. The molecule has 1 saturated carbocycles. The smallest absolute Gasteiger partial charge is 0.319 e. The van der Waals surface area contributed by atoms with Crippen molar-refractivity contribution in [2.24, 2.45) is 5.92 Å². The van der Waals surface area contributed by atoms with Gasteiger partial charge in [-0.15, -0.1) is 0 Å². The summed E-state index contributed by atoms with van der Waals surface area (Å²) in [5.74, 6) is 0.591. The largest absolute Gasteiger partial charge is 0.468 e. The molecule has 2 rings (SSSR count). The topological polar surface area (TPSA) is 41.6 Å². The van der Waals surface area contributed by atoms with Crippen LogP contribution in [0.1, 0.15) is 45.4 Å². The number of methoxy groups -OCH3 is 1. The summed E-state index contributed by atoms with van der Waals surface area (Å²) in [5.41, 5.74) is 0. The molecule has 2 atom stereocenters. The van der Waals surface area contributed by atoms with E-state index in [1.807, 2.05) is 0 Å². The first-order chi connectivity index (χ1) is 9.21. The molecule has 2 fully saturated rings. The van der Waals surface area contributed by atoms with Gasteiger partial charge in [-0.3, -0.25) is 9.69 Å². The summed E-state index contributed by atoms with van der Waals surface area (Å²) in [4.78, 5) is 13.7. The number of likely N-dealkylation sites (tertiary alicyclic amines) is 1. The molecular weight excluding hydrogens is 240 g/mol. The van der Waals surface area contributed by atoms with Gasteiger partial charge in [0.25, 0.3) is 0 Å². The summed E-state index contributed by atoms with van der Waals surface area (Å²) >= 11 is 0. The van der Waals surface area contributed by atoms with E-state index >= 15 is 0 Å². The van der Waals surface area contributed by atoms with E-state index in [1.54, 1.807) is 0 Å². The summed E-state index contributed by atoms with van der Waals surface area (Å²) in [6.45, 7) is 4.71. The van der Waals surface area contributed by atoms with E-state index in [-0.39, 0.29) is 5.97 Å². The number of rotatable bonds is 5. The van der Waals surface area contributed by atoms with Crippen LogP contribution >= 0.6 is 0 Å². The zero-order valence-corrected chi connectivity index (χ0v) is 12.4. The van der Waals surface area contributed by atoms with Crippen LogP contribution in [0.2, 0.25) is 0 Å². The van der Waals surface area contributed by atoms with Gasteiger partial charge in [0.2, 0.25) is 0 Å². The third-order valence-electron chi connectivity index (χ3n) is 4.60. The number of hydrogen-bond acceptors (Lipinski definition) is 4. The molecule has 0 aromatic carbocycles. The van der Waals surface area contributed by atoms with Gasteiger partial charge in [0, 0.05) is 25.2 Å². The van der Waals surface area contributed by atoms with Crippen molar-refractivity contribution >= 4 is 5.97 Å². The Morgan fingerprint density at radius 2 is 2.00 bits per heavy atom. The van der Waals surface area contributed by atoms with E-state index in [0.717, 1.165) is 13.1 Å². The number of nitrogens with one attached hydrogen (secondary N) is 1. The summed E-state index contributed by atoms with van der Waals surface area (Å²) < 4.78 is 4.79. The minimum absolute atomic E-state index is 0.114. The molecule has 1 N–H and O–H groups in total. The molecular formula is C15H28N2O2. The van der Waals surface area contributed by atoms with Gasteiger partial charge >= 0.3 is 5.97 Å². The van der Waals surface area contributed by atoms with Crippen LogP contribution in [0.25, 0.3) is 0 Å². The fourth-order valence-corrected chi connectivity index (χ4v) is 3.52. The Morgan fingerprint density at radius 1 is 1.26 bits per heavy atom. The van der Waals surface area contributed by atoms with E-state index in [1.165, 1.54) is 45.6 Å². The maximum absolute atomic E-state index is 11.4. The lowest BCUT2D eigenvalue weighted by molar-refractivity contribution is -0.142. The van der Waals surface area contributed by atoms with Gasteiger partial charge in [0.1, 0.15) is 0 Å². The molecule has 0 bridgehead atoms. The lowest BCUT2D eigenvalue weighted by Gasteiger charge is -2.38. The number of esters is 1. The first kappa shape index (κ1) is 14.8. The summed E-state index contributed by atoms with van der Waals surface area (Å²) in [5, 5.41) is 3.81. The van der Waals surface area contributed by atoms with Crippen LogP contribution < -0.4 is 5.32 Å². The van der Waals surface area contributed by atoms with Crippen LogP contribution in [0.5, 0.6) is 0 Å². The van der Waals surface area contributed by atoms with E-state index in [9.17, 15) is 4.79 Å². The minimum atomic E-state index is -0.114. The zero-order valence-electron chi connectivity index (χ0n) is 12.4. The van der Waals surface area contributed by atoms with Crippen molar-refractivity contribution in [1.29, 1.82) is 0 Å². The molecule has 0 aromatic heterocycles. The second kappa shape index (κ2) is 7.25. The lowest BCUT2D eigenvalue weighted by Crippen LogP contribution is -2.52. The molecule has 1 aliphatic heterocycles. The minimum Gasteiger partial charge on any atom is -0.468 e. The van der Waals surface area contributed by atoms with Gasteiger partial charge in [0.05, 0.1) is 13.7 Å². The van der Waals surface area contributed by atoms with Crippen molar-refractivity contribution in [2.75, 3.05) is 26.7 Å². The summed E-state index contributed by atoms with van der Waals surface area (Å²) in [7, 11) is 1.47. The van der Waals surface area contributed by atoms with Crippen molar-refractivity contribution < 1.29 is 9.53 Å². The molecule has 1 saturated heterocycles. The maximum atomic E-state index is 11.4. The average molecular weight is 268 g/mol. The van der Waals surface area contributed by atoms with Gasteiger partial charge < -0.3 is 10.1 Å². The van der Waals surface area contributed by atoms with E-state index in [4.69, 9.17) is 4.74 Å². The van der Waals surface area contributed by atoms with Gasteiger partial charge in [-0.2, -0.15) is 0 Å². The molecule has 4 heteroatoms. The van der Waals surface area contributed by atoms with Crippen molar-refractivity contribution in [3.8, 4) is 0 Å². The SMILES string of the molecule is CCC1CC(NC2CCCC2)CN(CC(=O)OC)C1. The van der Waals surface area contributed by atoms with E-state index in [0.29, 0.717) is 24.5 Å². The Morgan fingerprint density at radius 3 is 2.63 bits per heavy atom. The number of ether oxygens (including phenoxy) is 1. The second-order valence-electron chi connectivity index (χ2n) is 6.13. The molecule has 1 aliphatic carbocycles. The molecule has 0 amide bonds. The zero-order chi connectivity index (χ0) is 13.7. The molecule has 0 aromatic rings. The van der Waals surface area contributed by atoms with Crippen LogP contribution in [0, 0.1) is 5.92 Å². The second-order valence-corrected chi connectivity index (χ2v) is 6.13. The van der Waals surface area contributed by atoms with Crippen molar-refractivity contribution in [3.63, 3.8) is 0 Å². The highest BCUT2D eigenvalue weighted by atomic mass is 16.5. The Balaban J connectivity index is 1.85. The summed E-state index contributed by atoms with van der Waals surface area (Å²) in [6, 6.07) is 1.26.